The minimum absolute atomic E-state index is 0.171. The third-order valence-electron chi connectivity index (χ3n) is 5.45. The predicted molar refractivity (Wildman–Crippen MR) is 120 cm³/mol. The number of benzene rings is 3. The molecule has 1 aliphatic heterocycles. The molecule has 1 aromatic heterocycles. The molecule has 148 valence electrons. The summed E-state index contributed by atoms with van der Waals surface area (Å²) in [5, 5.41) is 3.68. The first-order chi connectivity index (χ1) is 14.7. The van der Waals surface area contributed by atoms with Crippen LogP contribution >= 0.6 is 11.6 Å². The van der Waals surface area contributed by atoms with Crippen molar-refractivity contribution in [3.8, 4) is 5.69 Å². The molecular formula is C25H20ClN3O. The van der Waals surface area contributed by atoms with Crippen molar-refractivity contribution in [3.05, 3.63) is 119 Å². The summed E-state index contributed by atoms with van der Waals surface area (Å²) < 4.78 is 2.15. The van der Waals surface area contributed by atoms with Crippen LogP contribution in [0.15, 0.2) is 97.2 Å². The van der Waals surface area contributed by atoms with Crippen LogP contribution in [-0.4, -0.2) is 15.5 Å². The first-order valence-corrected chi connectivity index (χ1v) is 10.2. The Morgan fingerprint density at radius 3 is 2.43 bits per heavy atom. The lowest BCUT2D eigenvalue weighted by molar-refractivity contribution is 0.194. The first kappa shape index (κ1) is 18.5. The van der Waals surface area contributed by atoms with E-state index >= 15 is 0 Å². The van der Waals surface area contributed by atoms with Crippen LogP contribution in [0.2, 0.25) is 5.02 Å². The number of nitrogens with zero attached hydrogens (tertiary/aromatic N) is 2. The maximum absolute atomic E-state index is 13.5. The monoisotopic (exact) mass is 413 g/mol. The van der Waals surface area contributed by atoms with Crippen molar-refractivity contribution < 1.29 is 4.79 Å². The van der Waals surface area contributed by atoms with E-state index in [9.17, 15) is 4.79 Å². The second-order valence-electron chi connectivity index (χ2n) is 7.28. The third-order valence-corrected chi connectivity index (χ3v) is 5.79. The van der Waals surface area contributed by atoms with E-state index in [0.717, 1.165) is 28.2 Å². The zero-order chi connectivity index (χ0) is 20.5. The van der Waals surface area contributed by atoms with Gasteiger partial charge in [-0.15, -0.1) is 0 Å². The molecule has 0 saturated carbocycles. The molecule has 2 amide bonds. The van der Waals surface area contributed by atoms with Crippen molar-refractivity contribution >= 4 is 23.3 Å². The molecule has 0 unspecified atom stereocenters. The lowest BCUT2D eigenvalue weighted by atomic mass is 10.0. The molecule has 5 rings (SSSR count). The van der Waals surface area contributed by atoms with Crippen LogP contribution in [0.3, 0.4) is 0 Å². The highest BCUT2D eigenvalue weighted by atomic mass is 35.5. The minimum Gasteiger partial charge on any atom is -0.318 e. The lowest BCUT2D eigenvalue weighted by Crippen LogP contribution is -2.38. The van der Waals surface area contributed by atoms with E-state index in [1.807, 2.05) is 83.9 Å². The number of para-hydroxylation sites is 2. The fourth-order valence-corrected chi connectivity index (χ4v) is 4.32. The number of amides is 2. The van der Waals surface area contributed by atoms with Gasteiger partial charge in [0.25, 0.3) is 0 Å². The Hall–Kier alpha value is -3.50. The molecule has 2 heterocycles. The Morgan fingerprint density at radius 1 is 0.867 bits per heavy atom. The minimum atomic E-state index is -0.329. The molecule has 1 aliphatic rings. The van der Waals surface area contributed by atoms with Gasteiger partial charge in [0.05, 0.1) is 17.9 Å². The lowest BCUT2D eigenvalue weighted by Gasteiger charge is -2.31. The number of rotatable bonds is 2. The van der Waals surface area contributed by atoms with Gasteiger partial charge in [-0.05, 0) is 47.5 Å². The highest BCUT2D eigenvalue weighted by molar-refractivity contribution is 6.31. The zero-order valence-corrected chi connectivity index (χ0v) is 17.0. The fourth-order valence-electron chi connectivity index (χ4n) is 4.08. The molecule has 0 saturated heterocycles. The van der Waals surface area contributed by atoms with Crippen molar-refractivity contribution in [1.82, 2.24) is 9.47 Å². The first-order valence-electron chi connectivity index (χ1n) is 9.85. The molecule has 1 N–H and O–H groups in total. The molecule has 4 aromatic rings. The molecule has 0 spiro atoms. The van der Waals surface area contributed by atoms with Crippen molar-refractivity contribution in [1.29, 1.82) is 0 Å². The number of urea groups is 1. The van der Waals surface area contributed by atoms with Crippen LogP contribution < -0.4 is 5.32 Å². The van der Waals surface area contributed by atoms with Crippen LogP contribution in [0.5, 0.6) is 0 Å². The van der Waals surface area contributed by atoms with E-state index in [1.54, 1.807) is 0 Å². The van der Waals surface area contributed by atoms with E-state index in [-0.39, 0.29) is 12.1 Å². The number of fused-ring (bicyclic) bond motifs is 3. The van der Waals surface area contributed by atoms with Gasteiger partial charge in [0.2, 0.25) is 0 Å². The number of aromatic nitrogens is 1. The standard InChI is InChI=1S/C25H20ClN3O/c26-21-13-6-5-12-20(21)24-23-15-8-16-28(23)22-14-7-4-9-18(22)17-29(24)25(30)27-19-10-2-1-3-11-19/h1-16,24H,17H2,(H,27,30)/t24-/m1/s1. The third kappa shape index (κ3) is 3.25. The highest BCUT2D eigenvalue weighted by Crippen LogP contribution is 2.39. The summed E-state index contributed by atoms with van der Waals surface area (Å²) in [7, 11) is 0. The van der Waals surface area contributed by atoms with Gasteiger partial charge < -0.3 is 14.8 Å². The van der Waals surface area contributed by atoms with Gasteiger partial charge in [-0.2, -0.15) is 0 Å². The van der Waals surface area contributed by atoms with Gasteiger partial charge >= 0.3 is 6.03 Å². The number of halogens is 1. The van der Waals surface area contributed by atoms with Crippen molar-refractivity contribution in [2.45, 2.75) is 12.6 Å². The quantitative estimate of drug-likeness (QED) is 0.413. The Morgan fingerprint density at radius 2 is 1.60 bits per heavy atom. The number of hydrogen-bond donors (Lipinski definition) is 1. The van der Waals surface area contributed by atoms with Crippen LogP contribution in [0.4, 0.5) is 10.5 Å². The van der Waals surface area contributed by atoms with E-state index in [2.05, 4.69) is 28.1 Å². The van der Waals surface area contributed by atoms with Crippen LogP contribution in [0.1, 0.15) is 22.9 Å². The van der Waals surface area contributed by atoms with Gasteiger partial charge in [0, 0.05) is 16.9 Å². The SMILES string of the molecule is O=C(Nc1ccccc1)N1Cc2ccccc2-n2cccc2[C@H]1c1ccccc1Cl. The Balaban J connectivity index is 1.66. The van der Waals surface area contributed by atoms with Crippen LogP contribution in [0.25, 0.3) is 5.69 Å². The molecule has 5 heteroatoms. The van der Waals surface area contributed by atoms with E-state index < -0.39 is 0 Å². The van der Waals surface area contributed by atoms with Gasteiger partial charge in [0.1, 0.15) is 6.04 Å². The normalized spacial score (nSPS) is 15.1. The Labute approximate surface area is 180 Å². The van der Waals surface area contributed by atoms with Crippen molar-refractivity contribution in [3.63, 3.8) is 0 Å². The molecule has 3 aromatic carbocycles. The van der Waals surface area contributed by atoms with E-state index in [1.165, 1.54) is 0 Å². The van der Waals surface area contributed by atoms with Gasteiger partial charge in [0.15, 0.2) is 0 Å². The fraction of sp³-hybridized carbons (Fsp3) is 0.0800. The predicted octanol–water partition coefficient (Wildman–Crippen LogP) is 6.27. The van der Waals surface area contributed by atoms with Gasteiger partial charge in [-0.1, -0.05) is 66.2 Å². The topological polar surface area (TPSA) is 37.3 Å². The Bertz CT molecular complexity index is 1200. The summed E-state index contributed by atoms with van der Waals surface area (Å²) in [6.07, 6.45) is 2.04. The van der Waals surface area contributed by atoms with E-state index in [4.69, 9.17) is 11.6 Å². The number of anilines is 1. The van der Waals surface area contributed by atoms with Crippen molar-refractivity contribution in [2.75, 3.05) is 5.32 Å². The van der Waals surface area contributed by atoms with Crippen LogP contribution in [0, 0.1) is 0 Å². The second kappa shape index (κ2) is 7.73. The van der Waals surface area contributed by atoms with Gasteiger partial charge in [-0.3, -0.25) is 0 Å². The molecule has 0 aliphatic carbocycles. The number of hydrogen-bond acceptors (Lipinski definition) is 1. The molecule has 4 nitrogen and oxygen atoms in total. The second-order valence-corrected chi connectivity index (χ2v) is 7.69. The summed E-state index contributed by atoms with van der Waals surface area (Å²) in [4.78, 5) is 15.4. The summed E-state index contributed by atoms with van der Waals surface area (Å²) in [6, 6.07) is 29.0. The average molecular weight is 414 g/mol. The molecule has 0 bridgehead atoms. The smallest absolute Gasteiger partial charge is 0.318 e. The van der Waals surface area contributed by atoms with Crippen molar-refractivity contribution in [2.24, 2.45) is 0 Å². The summed E-state index contributed by atoms with van der Waals surface area (Å²) in [6.45, 7) is 0.465. The summed E-state index contributed by atoms with van der Waals surface area (Å²) in [5.41, 5.74) is 4.80. The Kier molecular flexibility index (Phi) is 4.77. The molecule has 1 atom stereocenters. The number of nitrogens with one attached hydrogen (secondary N) is 1. The van der Waals surface area contributed by atoms with Crippen LogP contribution in [-0.2, 0) is 6.54 Å². The summed E-state index contributed by atoms with van der Waals surface area (Å²) >= 11 is 6.62. The highest BCUT2D eigenvalue weighted by Gasteiger charge is 2.34. The summed E-state index contributed by atoms with van der Waals surface area (Å²) in [5.74, 6) is 0. The molecule has 30 heavy (non-hydrogen) atoms. The maximum Gasteiger partial charge on any atom is 0.322 e. The maximum atomic E-state index is 13.5. The number of carbonyl (C=O) groups excluding carboxylic acids is 1. The van der Waals surface area contributed by atoms with E-state index in [0.29, 0.717) is 11.6 Å². The zero-order valence-electron chi connectivity index (χ0n) is 16.2. The molecule has 0 radical (unpaired) electrons. The molecular weight excluding hydrogens is 394 g/mol. The van der Waals surface area contributed by atoms with Gasteiger partial charge in [-0.25, -0.2) is 4.79 Å². The largest absolute Gasteiger partial charge is 0.322 e. The number of carbonyl (C=O) groups is 1. The average Bonchev–Trinajstić information content (AvgIpc) is 3.20. The molecule has 0 fully saturated rings.